The number of ketones is 2. The zero-order chi connectivity index (χ0) is 35.9. The summed E-state index contributed by atoms with van der Waals surface area (Å²) in [5, 5.41) is 11.2. The number of nitrogens with two attached hydrogens (primary N) is 1. The minimum Gasteiger partial charge on any atom is -0.388 e. The highest BCUT2D eigenvalue weighted by Crippen LogP contribution is 2.39. The Hall–Kier alpha value is -3.88. The molecule has 7 atom stereocenters. The molecule has 3 heterocycles. The fraction of sp³-hybridized carbons (Fsp3) is 0.765. The largest absolute Gasteiger partial charge is 0.388 e. The number of hydrogen-bond donors (Lipinski definition) is 5. The molecule has 15 heteroatoms. The molecule has 0 aromatic rings. The Kier molecular flexibility index (Phi) is 14.9. The van der Waals surface area contributed by atoms with E-state index in [9.17, 15) is 33.6 Å². The molecule has 49 heavy (non-hydrogen) atoms. The maximum Gasteiger partial charge on any atom is 0.245 e. The summed E-state index contributed by atoms with van der Waals surface area (Å²) >= 11 is 0. The van der Waals surface area contributed by atoms with E-state index in [1.807, 2.05) is 32.6 Å². The third-order valence-corrected chi connectivity index (χ3v) is 8.91. The Balaban J connectivity index is 0.00000833. The molecule has 3 rings (SSSR count). The number of aliphatic imine (C=N–C) groups is 1. The Morgan fingerprint density at radius 2 is 1.71 bits per heavy atom. The second-order valence-electron chi connectivity index (χ2n) is 14.3. The van der Waals surface area contributed by atoms with E-state index >= 15 is 0 Å². The molecule has 0 radical (unpaired) electrons. The van der Waals surface area contributed by atoms with Gasteiger partial charge in [0.25, 0.3) is 0 Å². The van der Waals surface area contributed by atoms with Crippen molar-refractivity contribution in [3.63, 3.8) is 0 Å². The lowest BCUT2D eigenvalue weighted by molar-refractivity contribution is -0.137. The van der Waals surface area contributed by atoms with Crippen LogP contribution in [0.5, 0.6) is 0 Å². The third-order valence-electron chi connectivity index (χ3n) is 8.91. The monoisotopic (exact) mass is 690 g/mol. The summed E-state index contributed by atoms with van der Waals surface area (Å²) < 4.78 is 0. The predicted molar refractivity (Wildman–Crippen MR) is 185 cm³/mol. The molecular formula is C34H58N8O7. The molecule has 0 aromatic carbocycles. The van der Waals surface area contributed by atoms with Gasteiger partial charge in [0.15, 0.2) is 5.78 Å². The third kappa shape index (κ3) is 11.3. The quantitative estimate of drug-likeness (QED) is 0.102. The normalized spacial score (nSPS) is 29.3. The summed E-state index contributed by atoms with van der Waals surface area (Å²) in [5.41, 5.74) is 5.06. The average Bonchev–Trinajstić information content (AvgIpc) is 3.48. The molecule has 3 aliphatic rings. The molecule has 6 N–H and O–H groups in total. The lowest BCUT2D eigenvalue weighted by Crippen LogP contribution is -2.60. The number of hydrogen-bond acceptors (Lipinski definition) is 9. The maximum atomic E-state index is 14.0. The Bertz CT molecular complexity index is 1290. The van der Waals surface area contributed by atoms with Crippen molar-refractivity contribution in [2.45, 2.75) is 143 Å². The van der Waals surface area contributed by atoms with E-state index in [1.54, 1.807) is 11.8 Å². The van der Waals surface area contributed by atoms with Gasteiger partial charge in [0, 0.05) is 24.9 Å². The molecule has 276 valence electrons. The molecule has 0 spiro atoms. The van der Waals surface area contributed by atoms with Crippen LogP contribution < -0.4 is 27.0 Å². The van der Waals surface area contributed by atoms with Gasteiger partial charge in [-0.3, -0.25) is 38.7 Å². The highest BCUT2D eigenvalue weighted by molar-refractivity contribution is 5.97. The first-order valence-electron chi connectivity index (χ1n) is 17.0. The van der Waals surface area contributed by atoms with Crippen molar-refractivity contribution in [2.75, 3.05) is 19.6 Å². The molecule has 5 amide bonds. The van der Waals surface area contributed by atoms with Gasteiger partial charge in [-0.15, -0.1) is 0 Å². The first-order valence-corrected chi connectivity index (χ1v) is 17.0. The number of carbonyl (C=O) groups is 7. The topological polar surface area (TPSA) is 212 Å². The van der Waals surface area contributed by atoms with Gasteiger partial charge in [0.05, 0.1) is 36.4 Å². The predicted octanol–water partition coefficient (Wildman–Crippen LogP) is 0.191. The van der Waals surface area contributed by atoms with Crippen molar-refractivity contribution in [3.8, 4) is 0 Å². The van der Waals surface area contributed by atoms with Crippen LogP contribution in [0.25, 0.3) is 0 Å². The minimum atomic E-state index is -1.04. The molecule has 3 saturated heterocycles. The number of fused-ring (bicyclic) bond motifs is 2. The van der Waals surface area contributed by atoms with Crippen molar-refractivity contribution in [2.24, 2.45) is 16.6 Å². The number of rotatable bonds is 8. The Labute approximate surface area is 290 Å². The van der Waals surface area contributed by atoms with Gasteiger partial charge < -0.3 is 36.7 Å². The van der Waals surface area contributed by atoms with E-state index < -0.39 is 77.6 Å². The van der Waals surface area contributed by atoms with Crippen molar-refractivity contribution in [3.05, 3.63) is 0 Å². The van der Waals surface area contributed by atoms with Crippen LogP contribution in [0.2, 0.25) is 0 Å². The van der Waals surface area contributed by atoms with Crippen molar-refractivity contribution < 1.29 is 33.6 Å². The van der Waals surface area contributed by atoms with E-state index in [0.29, 0.717) is 44.6 Å². The van der Waals surface area contributed by atoms with Crippen LogP contribution >= 0.6 is 0 Å². The fourth-order valence-electron chi connectivity index (χ4n) is 6.73. The summed E-state index contributed by atoms with van der Waals surface area (Å²) in [6, 6.07) is -4.52. The molecule has 0 unspecified atom stereocenters. The van der Waals surface area contributed by atoms with Crippen LogP contribution in [0.1, 0.15) is 101 Å². The molecule has 0 bridgehead atoms. The maximum absolute atomic E-state index is 14.0. The second kappa shape index (κ2) is 17.7. The number of carbonyl (C=O) groups excluding carboxylic acids is 7. The Morgan fingerprint density at radius 1 is 1.04 bits per heavy atom. The van der Waals surface area contributed by atoms with E-state index in [4.69, 9.17) is 5.73 Å². The van der Waals surface area contributed by atoms with E-state index in [-0.39, 0.29) is 44.4 Å². The van der Waals surface area contributed by atoms with Crippen LogP contribution in [-0.2, 0) is 33.6 Å². The van der Waals surface area contributed by atoms with Crippen molar-refractivity contribution in [1.29, 1.82) is 0 Å². The summed E-state index contributed by atoms with van der Waals surface area (Å²) in [5.74, 6) is -3.80. The summed E-state index contributed by atoms with van der Waals surface area (Å²) in [6.07, 6.45) is 1.67. The van der Waals surface area contributed by atoms with Gasteiger partial charge >= 0.3 is 0 Å². The molecule has 0 saturated carbocycles. The van der Waals surface area contributed by atoms with E-state index in [0.717, 1.165) is 0 Å². The van der Waals surface area contributed by atoms with Gasteiger partial charge in [0.1, 0.15) is 23.9 Å². The fourth-order valence-corrected chi connectivity index (χ4v) is 6.73. The lowest BCUT2D eigenvalue weighted by Gasteiger charge is -2.34. The number of nitrogens with one attached hydrogen (secondary N) is 4. The lowest BCUT2D eigenvalue weighted by atomic mass is 9.95. The SMILES string of the molecule is C.CC[C@@H]1[C@H]2[C@H](C(=O)NC(C)(C)C)N3CCC[C@H]3C(=O)N[C@@H](CCCN=C(C)N)C(=O)NCC(=O)C[C@@H](CC(C)=O)C(=O)N[C@@H](C)C(=O)N21. The van der Waals surface area contributed by atoms with Crippen LogP contribution in [-0.4, -0.2) is 118 Å². The standard InChI is InChI=1S/C33H54N8O7.CH4/c1-8-24-26-27(31(47)39-33(5,6)7)40-14-10-12-25(40)30(46)38-23(11-9-13-35-20(4)34)29(45)36-17-22(43)16-21(15-18(2)42)28(44)37-19(3)32(48)41(24)26;/h19,21,23-27H,8-17H2,1-7H3,(H2,34,35)(H,36,45)(H,37,44)(H,38,46)(H,39,47);1H4/t19-,21+,23-,24+,25-,26-,27+,41?;/m0./s1. The highest BCUT2D eigenvalue weighted by atomic mass is 16.2. The summed E-state index contributed by atoms with van der Waals surface area (Å²) in [7, 11) is 0. The van der Waals surface area contributed by atoms with Crippen molar-refractivity contribution in [1.82, 2.24) is 31.1 Å². The number of Topliss-reactive ketones (excluding diaryl/α,β-unsaturated/α-hetero) is 2. The molecule has 0 aliphatic carbocycles. The number of nitrogens with zero attached hydrogens (tertiary/aromatic N) is 3. The molecule has 15 nitrogen and oxygen atoms in total. The van der Waals surface area contributed by atoms with Gasteiger partial charge in [0.2, 0.25) is 29.5 Å². The first kappa shape index (κ1) is 41.3. The molecule has 3 fully saturated rings. The van der Waals surface area contributed by atoms with Gasteiger partial charge in [-0.25, -0.2) is 0 Å². The van der Waals surface area contributed by atoms with E-state index in [2.05, 4.69) is 26.3 Å². The highest BCUT2D eigenvalue weighted by Gasteiger charge is 2.60. The molecule has 3 aliphatic heterocycles. The number of amides is 5. The van der Waals surface area contributed by atoms with Crippen LogP contribution in [0.4, 0.5) is 0 Å². The van der Waals surface area contributed by atoms with E-state index in [1.165, 1.54) is 13.8 Å². The average molecular weight is 691 g/mol. The minimum absolute atomic E-state index is 0. The Morgan fingerprint density at radius 3 is 2.31 bits per heavy atom. The second-order valence-corrected chi connectivity index (χ2v) is 14.3. The van der Waals surface area contributed by atoms with Crippen molar-refractivity contribution >= 4 is 46.9 Å². The molecule has 0 aromatic heterocycles. The zero-order valence-corrected chi connectivity index (χ0v) is 29.4. The summed E-state index contributed by atoms with van der Waals surface area (Å²) in [6.45, 7) is 12.3. The summed E-state index contributed by atoms with van der Waals surface area (Å²) in [4.78, 5) is 101. The van der Waals surface area contributed by atoms with Crippen LogP contribution in [0, 0.1) is 5.92 Å². The smallest absolute Gasteiger partial charge is 0.245 e. The zero-order valence-electron chi connectivity index (χ0n) is 29.4. The number of amidine groups is 1. The van der Waals surface area contributed by atoms with Crippen LogP contribution in [0.3, 0.4) is 0 Å². The molecular weight excluding hydrogens is 632 g/mol. The van der Waals surface area contributed by atoms with Gasteiger partial charge in [-0.05, 0) is 80.2 Å². The van der Waals surface area contributed by atoms with Gasteiger partial charge in [-0.2, -0.15) is 0 Å². The van der Waals surface area contributed by atoms with Crippen LogP contribution in [0.15, 0.2) is 4.99 Å². The first-order chi connectivity index (χ1) is 22.4. The van der Waals surface area contributed by atoms with Gasteiger partial charge in [-0.1, -0.05) is 14.4 Å².